The normalized spacial score (nSPS) is 10.0. The molecule has 0 unspecified atom stereocenters. The summed E-state index contributed by atoms with van der Waals surface area (Å²) in [5.74, 6) is 2.03. The average molecular weight is 312 g/mol. The van der Waals surface area contributed by atoms with Crippen LogP contribution in [0.15, 0.2) is 55.1 Å². The second kappa shape index (κ2) is 8.03. The number of methoxy groups -OCH3 is 2. The minimum Gasteiger partial charge on any atom is -0.497 e. The SMILES string of the molecule is C=CCc1cc(OC)ccc1OCC(=O)c1ccc(OC)cc1. The van der Waals surface area contributed by atoms with Crippen molar-refractivity contribution in [3.63, 3.8) is 0 Å². The molecule has 0 saturated heterocycles. The lowest BCUT2D eigenvalue weighted by Gasteiger charge is -2.11. The van der Waals surface area contributed by atoms with E-state index in [4.69, 9.17) is 14.2 Å². The number of ketones is 1. The number of hydrogen-bond acceptors (Lipinski definition) is 4. The molecule has 0 fully saturated rings. The van der Waals surface area contributed by atoms with Gasteiger partial charge in [-0.1, -0.05) is 6.08 Å². The van der Waals surface area contributed by atoms with E-state index in [1.807, 2.05) is 6.07 Å². The van der Waals surface area contributed by atoms with Gasteiger partial charge in [-0.3, -0.25) is 4.79 Å². The van der Waals surface area contributed by atoms with Crippen LogP contribution in [0, 0.1) is 0 Å². The molecule has 0 aliphatic rings. The smallest absolute Gasteiger partial charge is 0.200 e. The summed E-state index contributed by atoms with van der Waals surface area (Å²) in [5.41, 5.74) is 1.52. The highest BCUT2D eigenvalue weighted by Crippen LogP contribution is 2.25. The lowest BCUT2D eigenvalue weighted by molar-refractivity contribution is 0.0921. The van der Waals surface area contributed by atoms with Crippen molar-refractivity contribution in [3.8, 4) is 17.2 Å². The molecule has 2 rings (SSSR count). The van der Waals surface area contributed by atoms with E-state index in [1.165, 1.54) is 0 Å². The summed E-state index contributed by atoms with van der Waals surface area (Å²) in [6.07, 6.45) is 2.43. The minimum absolute atomic E-state index is 0.0250. The summed E-state index contributed by atoms with van der Waals surface area (Å²) in [5, 5.41) is 0. The number of ether oxygens (including phenoxy) is 3. The molecule has 0 aliphatic heterocycles. The zero-order chi connectivity index (χ0) is 16.7. The Balaban J connectivity index is 2.06. The van der Waals surface area contributed by atoms with Gasteiger partial charge < -0.3 is 14.2 Å². The minimum atomic E-state index is -0.0898. The Kier molecular flexibility index (Phi) is 5.80. The molecule has 0 amide bonds. The second-order valence-corrected chi connectivity index (χ2v) is 4.91. The van der Waals surface area contributed by atoms with Gasteiger partial charge in [-0.25, -0.2) is 0 Å². The van der Waals surface area contributed by atoms with E-state index in [1.54, 1.807) is 56.7 Å². The van der Waals surface area contributed by atoms with E-state index in [0.717, 1.165) is 11.3 Å². The topological polar surface area (TPSA) is 44.8 Å². The van der Waals surface area contributed by atoms with E-state index in [-0.39, 0.29) is 12.4 Å². The third-order valence-electron chi connectivity index (χ3n) is 3.40. The van der Waals surface area contributed by atoms with E-state index in [9.17, 15) is 4.79 Å². The molecule has 120 valence electrons. The van der Waals surface area contributed by atoms with E-state index < -0.39 is 0 Å². The Hall–Kier alpha value is -2.75. The fourth-order valence-electron chi connectivity index (χ4n) is 2.14. The Labute approximate surface area is 136 Å². The first kappa shape index (κ1) is 16.6. The number of carbonyl (C=O) groups is 1. The zero-order valence-electron chi connectivity index (χ0n) is 13.4. The van der Waals surface area contributed by atoms with E-state index >= 15 is 0 Å². The highest BCUT2D eigenvalue weighted by Gasteiger charge is 2.10. The van der Waals surface area contributed by atoms with Crippen LogP contribution in [0.3, 0.4) is 0 Å². The Morgan fingerprint density at radius 2 is 1.70 bits per heavy atom. The van der Waals surface area contributed by atoms with Gasteiger partial charge in [0.15, 0.2) is 12.4 Å². The molecular weight excluding hydrogens is 292 g/mol. The summed E-state index contributed by atoms with van der Waals surface area (Å²) in [7, 11) is 3.20. The highest BCUT2D eigenvalue weighted by molar-refractivity contribution is 5.97. The van der Waals surface area contributed by atoms with Gasteiger partial charge in [0.05, 0.1) is 14.2 Å². The lowest BCUT2D eigenvalue weighted by atomic mass is 10.1. The third kappa shape index (κ3) is 4.36. The Bertz CT molecular complexity index is 674. The summed E-state index contributed by atoms with van der Waals surface area (Å²) >= 11 is 0. The molecule has 0 bridgehead atoms. The van der Waals surface area contributed by atoms with Crippen molar-refractivity contribution in [1.82, 2.24) is 0 Å². The zero-order valence-corrected chi connectivity index (χ0v) is 13.4. The van der Waals surface area contributed by atoms with Gasteiger partial charge in [0.2, 0.25) is 0 Å². The van der Waals surface area contributed by atoms with Gasteiger partial charge in [0.1, 0.15) is 17.2 Å². The van der Waals surface area contributed by atoms with Crippen LogP contribution in [-0.4, -0.2) is 26.6 Å². The molecule has 4 nitrogen and oxygen atoms in total. The molecule has 2 aromatic rings. The largest absolute Gasteiger partial charge is 0.497 e. The first-order valence-corrected chi connectivity index (χ1v) is 7.25. The first-order valence-electron chi connectivity index (χ1n) is 7.25. The number of benzene rings is 2. The van der Waals surface area contributed by atoms with Gasteiger partial charge in [0.25, 0.3) is 0 Å². The standard InChI is InChI=1S/C19H20O4/c1-4-5-15-12-17(22-3)10-11-19(15)23-13-18(20)14-6-8-16(21-2)9-7-14/h4,6-12H,1,5,13H2,2-3H3. The maximum Gasteiger partial charge on any atom is 0.200 e. The van der Waals surface area contributed by atoms with Crippen LogP contribution in [0.4, 0.5) is 0 Å². The van der Waals surface area contributed by atoms with Crippen molar-refractivity contribution in [2.45, 2.75) is 6.42 Å². The maximum atomic E-state index is 12.2. The number of allylic oxidation sites excluding steroid dienone is 1. The van der Waals surface area contributed by atoms with Gasteiger partial charge in [0, 0.05) is 11.1 Å². The molecule has 0 spiro atoms. The molecule has 0 aliphatic carbocycles. The van der Waals surface area contributed by atoms with Crippen LogP contribution in [0.5, 0.6) is 17.2 Å². The summed E-state index contributed by atoms with van der Waals surface area (Å²) < 4.78 is 16.0. The van der Waals surface area contributed by atoms with Crippen LogP contribution in [-0.2, 0) is 6.42 Å². The van der Waals surface area contributed by atoms with Crippen molar-refractivity contribution in [2.75, 3.05) is 20.8 Å². The van der Waals surface area contributed by atoms with E-state index in [2.05, 4.69) is 6.58 Å². The number of carbonyl (C=O) groups excluding carboxylic acids is 1. The molecule has 0 heterocycles. The molecule has 4 heteroatoms. The van der Waals surface area contributed by atoms with Gasteiger partial charge in [-0.2, -0.15) is 0 Å². The van der Waals surface area contributed by atoms with Gasteiger partial charge >= 0.3 is 0 Å². The third-order valence-corrected chi connectivity index (χ3v) is 3.40. The van der Waals surface area contributed by atoms with Crippen molar-refractivity contribution >= 4 is 5.78 Å². The number of rotatable bonds is 8. The van der Waals surface area contributed by atoms with Crippen molar-refractivity contribution < 1.29 is 19.0 Å². The molecule has 0 radical (unpaired) electrons. The van der Waals surface area contributed by atoms with Crippen LogP contribution in [0.25, 0.3) is 0 Å². The fourth-order valence-corrected chi connectivity index (χ4v) is 2.14. The number of hydrogen-bond donors (Lipinski definition) is 0. The molecular formula is C19H20O4. The Morgan fingerprint density at radius 1 is 1.04 bits per heavy atom. The number of Topliss-reactive ketones (excluding diaryl/α,β-unsaturated/α-hetero) is 1. The van der Waals surface area contributed by atoms with Crippen molar-refractivity contribution in [1.29, 1.82) is 0 Å². The van der Waals surface area contributed by atoms with Crippen LogP contribution in [0.2, 0.25) is 0 Å². The molecule has 0 aromatic heterocycles. The predicted molar refractivity (Wildman–Crippen MR) is 89.7 cm³/mol. The molecule has 0 atom stereocenters. The molecule has 23 heavy (non-hydrogen) atoms. The quantitative estimate of drug-likeness (QED) is 0.551. The van der Waals surface area contributed by atoms with Crippen LogP contribution in [0.1, 0.15) is 15.9 Å². The predicted octanol–water partition coefficient (Wildman–Crippen LogP) is 3.69. The molecule has 0 N–H and O–H groups in total. The van der Waals surface area contributed by atoms with Crippen molar-refractivity contribution in [2.24, 2.45) is 0 Å². The Morgan fingerprint density at radius 3 is 2.30 bits per heavy atom. The summed E-state index contributed by atoms with van der Waals surface area (Å²) in [4.78, 5) is 12.2. The van der Waals surface area contributed by atoms with Gasteiger partial charge in [-0.15, -0.1) is 6.58 Å². The lowest BCUT2D eigenvalue weighted by Crippen LogP contribution is -2.12. The summed E-state index contributed by atoms with van der Waals surface area (Å²) in [6, 6.07) is 12.5. The second-order valence-electron chi connectivity index (χ2n) is 4.91. The average Bonchev–Trinajstić information content (AvgIpc) is 2.60. The molecule has 0 saturated carbocycles. The highest BCUT2D eigenvalue weighted by atomic mass is 16.5. The van der Waals surface area contributed by atoms with Crippen LogP contribution < -0.4 is 14.2 Å². The van der Waals surface area contributed by atoms with Gasteiger partial charge in [-0.05, 0) is 48.9 Å². The molecule has 2 aromatic carbocycles. The first-order chi connectivity index (χ1) is 11.2. The maximum absolute atomic E-state index is 12.2. The monoisotopic (exact) mass is 312 g/mol. The van der Waals surface area contributed by atoms with Crippen LogP contribution >= 0.6 is 0 Å². The fraction of sp³-hybridized carbons (Fsp3) is 0.211. The van der Waals surface area contributed by atoms with Crippen molar-refractivity contribution in [3.05, 3.63) is 66.2 Å². The van der Waals surface area contributed by atoms with E-state index in [0.29, 0.717) is 23.5 Å². The summed E-state index contributed by atoms with van der Waals surface area (Å²) in [6.45, 7) is 3.71.